The van der Waals surface area contributed by atoms with Crippen LogP contribution in [-0.2, 0) is 4.79 Å². The number of nitrogens with zero attached hydrogens (tertiary/aromatic N) is 1. The Morgan fingerprint density at radius 3 is 2.64 bits per heavy atom. The van der Waals surface area contributed by atoms with E-state index >= 15 is 0 Å². The summed E-state index contributed by atoms with van der Waals surface area (Å²) in [7, 11) is 1.65. The highest BCUT2D eigenvalue weighted by atomic mass is 32.2. The molecule has 3 nitrogen and oxygen atoms in total. The van der Waals surface area contributed by atoms with Crippen LogP contribution in [0.5, 0.6) is 0 Å². The molecule has 0 aliphatic heterocycles. The summed E-state index contributed by atoms with van der Waals surface area (Å²) in [5.74, 6) is 0.0403. The number of carboxylic acid groups (broad SMARTS) is 1. The second-order valence-electron chi connectivity index (χ2n) is 2.21. The van der Waals surface area contributed by atoms with Crippen molar-refractivity contribution in [2.75, 3.05) is 19.1 Å². The van der Waals surface area contributed by atoms with Crippen LogP contribution >= 0.6 is 24.6 Å². The van der Waals surface area contributed by atoms with E-state index < -0.39 is 12.0 Å². The van der Waals surface area contributed by atoms with Gasteiger partial charge in [0.2, 0.25) is 0 Å². The highest BCUT2D eigenvalue weighted by Crippen LogP contribution is 2.08. The van der Waals surface area contributed by atoms with Gasteiger partial charge in [-0.25, -0.2) is 4.31 Å². The standard InChI is InChI=1S/C6H13NO2S2/c1-7(10)5(6(8)9)3-4-11-2/h5,10H,3-4H2,1-2H3,(H,8,9). The summed E-state index contributed by atoms with van der Waals surface area (Å²) in [6.45, 7) is 0. The summed E-state index contributed by atoms with van der Waals surface area (Å²) in [6, 6.07) is -0.467. The fraction of sp³-hybridized carbons (Fsp3) is 0.833. The minimum atomic E-state index is -0.809. The van der Waals surface area contributed by atoms with Crippen LogP contribution in [0.1, 0.15) is 6.42 Å². The van der Waals surface area contributed by atoms with Gasteiger partial charge in [-0.15, -0.1) is 0 Å². The molecule has 1 unspecified atom stereocenters. The molecule has 0 heterocycles. The molecule has 0 saturated carbocycles. The number of thioether (sulfide) groups is 1. The van der Waals surface area contributed by atoms with Gasteiger partial charge in [-0.2, -0.15) is 11.8 Å². The van der Waals surface area contributed by atoms with Crippen molar-refractivity contribution in [2.45, 2.75) is 12.5 Å². The van der Waals surface area contributed by atoms with Crippen LogP contribution in [-0.4, -0.2) is 40.5 Å². The molecule has 0 aliphatic carbocycles. The summed E-state index contributed by atoms with van der Waals surface area (Å²) in [5, 5.41) is 8.67. The molecule has 1 atom stereocenters. The third-order valence-corrected chi connectivity index (χ3v) is 2.25. The maximum absolute atomic E-state index is 10.5. The fourth-order valence-electron chi connectivity index (χ4n) is 0.700. The van der Waals surface area contributed by atoms with Gasteiger partial charge in [0, 0.05) is 0 Å². The minimum Gasteiger partial charge on any atom is -0.480 e. The molecule has 0 amide bonds. The monoisotopic (exact) mass is 195 g/mol. The third kappa shape index (κ3) is 4.55. The van der Waals surface area contributed by atoms with Gasteiger partial charge in [0.15, 0.2) is 0 Å². The van der Waals surface area contributed by atoms with Crippen molar-refractivity contribution in [1.29, 1.82) is 0 Å². The van der Waals surface area contributed by atoms with Gasteiger partial charge in [-0.05, 0) is 25.5 Å². The first-order chi connectivity index (χ1) is 5.09. The molecule has 1 N–H and O–H groups in total. The fourth-order valence-corrected chi connectivity index (χ4v) is 1.37. The molecule has 11 heavy (non-hydrogen) atoms. The molecule has 0 radical (unpaired) electrons. The van der Waals surface area contributed by atoms with E-state index in [0.29, 0.717) is 6.42 Å². The van der Waals surface area contributed by atoms with Gasteiger partial charge in [0.1, 0.15) is 6.04 Å². The van der Waals surface area contributed by atoms with E-state index in [4.69, 9.17) is 5.11 Å². The van der Waals surface area contributed by atoms with Gasteiger partial charge in [0.05, 0.1) is 0 Å². The quantitative estimate of drug-likeness (QED) is 0.641. The number of aliphatic carboxylic acids is 1. The third-order valence-electron chi connectivity index (χ3n) is 1.33. The maximum atomic E-state index is 10.5. The van der Waals surface area contributed by atoms with Crippen molar-refractivity contribution in [1.82, 2.24) is 4.31 Å². The predicted molar refractivity (Wildman–Crippen MR) is 51.2 cm³/mol. The smallest absolute Gasteiger partial charge is 0.321 e. The van der Waals surface area contributed by atoms with Crippen LogP contribution in [0, 0.1) is 0 Å². The number of thiol groups is 1. The zero-order valence-corrected chi connectivity index (χ0v) is 8.36. The number of hydrogen-bond acceptors (Lipinski definition) is 4. The number of rotatable bonds is 5. The molecule has 0 aromatic carbocycles. The Balaban J connectivity index is 3.80. The lowest BCUT2D eigenvalue weighted by atomic mass is 10.2. The van der Waals surface area contributed by atoms with Gasteiger partial charge in [-0.3, -0.25) is 4.79 Å². The average Bonchev–Trinajstić information content (AvgIpc) is 1.87. The molecule has 0 aliphatic rings. The molecular formula is C6H13NO2S2. The largest absolute Gasteiger partial charge is 0.480 e. The lowest BCUT2D eigenvalue weighted by Crippen LogP contribution is -2.32. The van der Waals surface area contributed by atoms with E-state index in [0.717, 1.165) is 5.75 Å². The summed E-state index contributed by atoms with van der Waals surface area (Å²) in [6.07, 6.45) is 2.59. The molecular weight excluding hydrogens is 182 g/mol. The number of carbonyl (C=O) groups is 1. The Labute approximate surface area is 76.7 Å². The molecule has 0 aromatic heterocycles. The number of carboxylic acids is 1. The topological polar surface area (TPSA) is 40.5 Å². The summed E-state index contributed by atoms with van der Waals surface area (Å²) in [4.78, 5) is 10.5. The molecule has 0 saturated heterocycles. The lowest BCUT2D eigenvalue weighted by molar-refractivity contribution is -0.140. The van der Waals surface area contributed by atoms with Crippen LogP contribution < -0.4 is 0 Å². The van der Waals surface area contributed by atoms with E-state index in [-0.39, 0.29) is 0 Å². The Bertz CT molecular complexity index is 130. The SMILES string of the molecule is CSCCC(C(=O)O)N(C)S. The van der Waals surface area contributed by atoms with E-state index in [1.807, 2.05) is 6.26 Å². The van der Waals surface area contributed by atoms with Crippen LogP contribution in [0.15, 0.2) is 0 Å². The molecule has 0 spiro atoms. The second kappa shape index (κ2) is 5.74. The minimum absolute atomic E-state index is 0.467. The summed E-state index contributed by atoms with van der Waals surface area (Å²) >= 11 is 5.59. The summed E-state index contributed by atoms with van der Waals surface area (Å²) < 4.78 is 1.43. The summed E-state index contributed by atoms with van der Waals surface area (Å²) in [5.41, 5.74) is 0. The van der Waals surface area contributed by atoms with Gasteiger partial charge < -0.3 is 5.11 Å². The van der Waals surface area contributed by atoms with Crippen molar-refractivity contribution >= 4 is 30.5 Å². The van der Waals surface area contributed by atoms with Crippen molar-refractivity contribution in [3.05, 3.63) is 0 Å². The van der Waals surface area contributed by atoms with E-state index in [1.165, 1.54) is 4.31 Å². The van der Waals surface area contributed by atoms with Crippen LogP contribution in [0.2, 0.25) is 0 Å². The Morgan fingerprint density at radius 2 is 2.36 bits per heavy atom. The molecule has 0 rings (SSSR count). The van der Waals surface area contributed by atoms with E-state index in [1.54, 1.807) is 18.8 Å². The van der Waals surface area contributed by atoms with Crippen molar-refractivity contribution in [3.63, 3.8) is 0 Å². The zero-order valence-electron chi connectivity index (χ0n) is 6.65. The average molecular weight is 195 g/mol. The van der Waals surface area contributed by atoms with Crippen LogP contribution in [0.3, 0.4) is 0 Å². The number of hydrogen-bond donors (Lipinski definition) is 2. The predicted octanol–water partition coefficient (Wildman–Crippen LogP) is 0.969. The maximum Gasteiger partial charge on any atom is 0.321 e. The molecule has 5 heteroatoms. The Morgan fingerprint density at radius 1 is 1.82 bits per heavy atom. The highest BCUT2D eigenvalue weighted by Gasteiger charge is 2.19. The zero-order chi connectivity index (χ0) is 8.85. The Hall–Kier alpha value is 0.130. The second-order valence-corrected chi connectivity index (χ2v) is 3.83. The van der Waals surface area contributed by atoms with E-state index in [9.17, 15) is 4.79 Å². The van der Waals surface area contributed by atoms with Gasteiger partial charge in [0.25, 0.3) is 0 Å². The van der Waals surface area contributed by atoms with Gasteiger partial charge in [-0.1, -0.05) is 12.8 Å². The van der Waals surface area contributed by atoms with Crippen molar-refractivity contribution in [3.8, 4) is 0 Å². The first kappa shape index (κ1) is 11.1. The molecule has 0 aromatic rings. The Kier molecular flexibility index (Phi) is 5.81. The molecule has 66 valence electrons. The normalized spacial score (nSPS) is 13.5. The lowest BCUT2D eigenvalue weighted by Gasteiger charge is -2.17. The first-order valence-electron chi connectivity index (χ1n) is 3.23. The van der Waals surface area contributed by atoms with Crippen LogP contribution in [0.4, 0.5) is 0 Å². The molecule has 0 bridgehead atoms. The first-order valence-corrected chi connectivity index (χ1v) is 5.02. The van der Waals surface area contributed by atoms with Crippen molar-refractivity contribution in [2.24, 2.45) is 0 Å². The van der Waals surface area contributed by atoms with E-state index in [2.05, 4.69) is 12.8 Å². The van der Waals surface area contributed by atoms with Gasteiger partial charge >= 0.3 is 5.97 Å². The van der Waals surface area contributed by atoms with Crippen LogP contribution in [0.25, 0.3) is 0 Å². The number of likely N-dealkylation sites (N-methyl/N-ethyl adjacent to an activating group) is 1. The van der Waals surface area contributed by atoms with Crippen molar-refractivity contribution < 1.29 is 9.90 Å². The highest BCUT2D eigenvalue weighted by molar-refractivity contribution is 7.98. The molecule has 0 fully saturated rings.